The SMILES string of the molecule is CCN(CC(C)C)CC1(C)CCNCC1. The van der Waals surface area contributed by atoms with E-state index >= 15 is 0 Å². The second kappa shape index (κ2) is 5.86. The van der Waals surface area contributed by atoms with Gasteiger partial charge in [0.15, 0.2) is 0 Å². The molecule has 90 valence electrons. The van der Waals surface area contributed by atoms with Gasteiger partial charge >= 0.3 is 0 Å². The van der Waals surface area contributed by atoms with Gasteiger partial charge in [-0.05, 0) is 43.8 Å². The zero-order valence-corrected chi connectivity index (χ0v) is 11.0. The average molecular weight is 212 g/mol. The summed E-state index contributed by atoms with van der Waals surface area (Å²) in [5.41, 5.74) is 0.552. The van der Waals surface area contributed by atoms with Crippen LogP contribution in [0.3, 0.4) is 0 Å². The van der Waals surface area contributed by atoms with E-state index in [2.05, 4.69) is 37.9 Å². The fraction of sp³-hybridized carbons (Fsp3) is 1.00. The molecule has 1 heterocycles. The second-order valence-electron chi connectivity index (χ2n) is 5.78. The van der Waals surface area contributed by atoms with E-state index in [0.29, 0.717) is 5.41 Å². The molecule has 1 rings (SSSR count). The lowest BCUT2D eigenvalue weighted by Crippen LogP contribution is -2.44. The number of rotatable bonds is 5. The van der Waals surface area contributed by atoms with Crippen molar-refractivity contribution in [3.8, 4) is 0 Å². The van der Waals surface area contributed by atoms with Crippen molar-refractivity contribution < 1.29 is 0 Å². The van der Waals surface area contributed by atoms with Crippen LogP contribution >= 0.6 is 0 Å². The Hall–Kier alpha value is -0.0800. The average Bonchev–Trinajstić information content (AvgIpc) is 2.16. The van der Waals surface area contributed by atoms with Gasteiger partial charge in [0, 0.05) is 13.1 Å². The lowest BCUT2D eigenvalue weighted by Gasteiger charge is -2.39. The summed E-state index contributed by atoms with van der Waals surface area (Å²) in [7, 11) is 0. The van der Waals surface area contributed by atoms with Gasteiger partial charge in [-0.2, -0.15) is 0 Å². The van der Waals surface area contributed by atoms with E-state index in [1.807, 2.05) is 0 Å². The molecule has 0 aliphatic carbocycles. The van der Waals surface area contributed by atoms with Crippen LogP contribution < -0.4 is 5.32 Å². The van der Waals surface area contributed by atoms with E-state index in [0.717, 1.165) is 5.92 Å². The molecule has 0 unspecified atom stereocenters. The van der Waals surface area contributed by atoms with Gasteiger partial charge in [0.1, 0.15) is 0 Å². The molecular weight excluding hydrogens is 184 g/mol. The van der Waals surface area contributed by atoms with Crippen LogP contribution in [0.25, 0.3) is 0 Å². The number of nitrogens with one attached hydrogen (secondary N) is 1. The van der Waals surface area contributed by atoms with E-state index in [9.17, 15) is 0 Å². The van der Waals surface area contributed by atoms with Crippen molar-refractivity contribution in [2.45, 2.75) is 40.5 Å². The summed E-state index contributed by atoms with van der Waals surface area (Å²) < 4.78 is 0. The second-order valence-corrected chi connectivity index (χ2v) is 5.78. The van der Waals surface area contributed by atoms with Gasteiger partial charge in [0.2, 0.25) is 0 Å². The monoisotopic (exact) mass is 212 g/mol. The highest BCUT2D eigenvalue weighted by molar-refractivity contribution is 4.83. The molecule has 0 saturated carbocycles. The first-order valence-corrected chi connectivity index (χ1v) is 6.49. The Balaban J connectivity index is 2.41. The number of piperidine rings is 1. The van der Waals surface area contributed by atoms with Crippen molar-refractivity contribution in [2.24, 2.45) is 11.3 Å². The zero-order chi connectivity index (χ0) is 11.3. The van der Waals surface area contributed by atoms with Gasteiger partial charge in [0.25, 0.3) is 0 Å². The maximum absolute atomic E-state index is 3.45. The minimum atomic E-state index is 0.552. The number of nitrogens with zero attached hydrogens (tertiary/aromatic N) is 1. The van der Waals surface area contributed by atoms with Crippen LogP contribution in [0, 0.1) is 11.3 Å². The summed E-state index contributed by atoms with van der Waals surface area (Å²) in [6.45, 7) is 15.5. The molecule has 0 spiro atoms. The molecule has 15 heavy (non-hydrogen) atoms. The predicted molar refractivity (Wildman–Crippen MR) is 67.2 cm³/mol. The van der Waals surface area contributed by atoms with Crippen LogP contribution in [0.4, 0.5) is 0 Å². The van der Waals surface area contributed by atoms with Crippen LogP contribution in [0.1, 0.15) is 40.5 Å². The van der Waals surface area contributed by atoms with E-state index < -0.39 is 0 Å². The predicted octanol–water partition coefficient (Wildman–Crippen LogP) is 2.35. The van der Waals surface area contributed by atoms with Gasteiger partial charge in [0.05, 0.1) is 0 Å². The summed E-state index contributed by atoms with van der Waals surface area (Å²) in [6, 6.07) is 0. The first-order valence-electron chi connectivity index (χ1n) is 6.49. The molecule has 0 bridgehead atoms. The molecule has 0 amide bonds. The minimum Gasteiger partial charge on any atom is -0.317 e. The molecule has 1 aliphatic rings. The molecule has 0 aromatic heterocycles. The van der Waals surface area contributed by atoms with Crippen molar-refractivity contribution in [1.82, 2.24) is 10.2 Å². The molecule has 1 N–H and O–H groups in total. The fourth-order valence-corrected chi connectivity index (χ4v) is 2.55. The van der Waals surface area contributed by atoms with E-state index in [4.69, 9.17) is 0 Å². The number of hydrogen-bond donors (Lipinski definition) is 1. The van der Waals surface area contributed by atoms with Gasteiger partial charge in [-0.3, -0.25) is 0 Å². The summed E-state index contributed by atoms with van der Waals surface area (Å²) in [4.78, 5) is 2.62. The van der Waals surface area contributed by atoms with Gasteiger partial charge in [-0.15, -0.1) is 0 Å². The van der Waals surface area contributed by atoms with Gasteiger partial charge < -0.3 is 10.2 Å². The molecule has 0 aromatic rings. The number of hydrogen-bond acceptors (Lipinski definition) is 2. The quantitative estimate of drug-likeness (QED) is 0.752. The Morgan fingerprint density at radius 1 is 1.27 bits per heavy atom. The highest BCUT2D eigenvalue weighted by Gasteiger charge is 2.28. The molecule has 1 fully saturated rings. The highest BCUT2D eigenvalue weighted by Crippen LogP contribution is 2.29. The maximum atomic E-state index is 3.45. The smallest absolute Gasteiger partial charge is 0.00363 e. The third-order valence-corrected chi connectivity index (χ3v) is 3.49. The van der Waals surface area contributed by atoms with E-state index in [1.54, 1.807) is 0 Å². The lowest BCUT2D eigenvalue weighted by molar-refractivity contribution is 0.123. The molecule has 1 saturated heterocycles. The third-order valence-electron chi connectivity index (χ3n) is 3.49. The molecule has 2 heteroatoms. The Morgan fingerprint density at radius 3 is 2.33 bits per heavy atom. The summed E-state index contributed by atoms with van der Waals surface area (Å²) >= 11 is 0. The minimum absolute atomic E-state index is 0.552. The molecule has 1 aliphatic heterocycles. The Bertz CT molecular complexity index is 171. The van der Waals surface area contributed by atoms with Crippen molar-refractivity contribution in [1.29, 1.82) is 0 Å². The molecular formula is C13H28N2. The first kappa shape index (κ1) is 13.0. The van der Waals surface area contributed by atoms with Gasteiger partial charge in [-0.1, -0.05) is 27.7 Å². The van der Waals surface area contributed by atoms with Crippen LogP contribution in [0.5, 0.6) is 0 Å². The summed E-state index contributed by atoms with van der Waals surface area (Å²) in [5, 5.41) is 3.45. The largest absolute Gasteiger partial charge is 0.317 e. The normalized spacial score (nSPS) is 21.2. The molecule has 2 nitrogen and oxygen atoms in total. The zero-order valence-electron chi connectivity index (χ0n) is 11.0. The first-order chi connectivity index (χ1) is 7.06. The fourth-order valence-electron chi connectivity index (χ4n) is 2.55. The van der Waals surface area contributed by atoms with E-state index in [1.165, 1.54) is 45.6 Å². The van der Waals surface area contributed by atoms with Crippen LogP contribution in [-0.4, -0.2) is 37.6 Å². The molecule has 0 radical (unpaired) electrons. The molecule has 0 aromatic carbocycles. The highest BCUT2D eigenvalue weighted by atomic mass is 15.1. The Morgan fingerprint density at radius 2 is 1.87 bits per heavy atom. The van der Waals surface area contributed by atoms with Crippen molar-refractivity contribution in [2.75, 3.05) is 32.7 Å². The van der Waals surface area contributed by atoms with Gasteiger partial charge in [-0.25, -0.2) is 0 Å². The van der Waals surface area contributed by atoms with Crippen LogP contribution in [0.15, 0.2) is 0 Å². The standard InChI is InChI=1S/C13H28N2/c1-5-15(10-12(2)3)11-13(4)6-8-14-9-7-13/h12,14H,5-11H2,1-4H3. The van der Waals surface area contributed by atoms with Crippen molar-refractivity contribution in [3.63, 3.8) is 0 Å². The van der Waals surface area contributed by atoms with Crippen LogP contribution in [-0.2, 0) is 0 Å². The van der Waals surface area contributed by atoms with E-state index in [-0.39, 0.29) is 0 Å². The molecule has 0 atom stereocenters. The maximum Gasteiger partial charge on any atom is 0.00363 e. The topological polar surface area (TPSA) is 15.3 Å². The summed E-state index contributed by atoms with van der Waals surface area (Å²) in [5.74, 6) is 0.787. The summed E-state index contributed by atoms with van der Waals surface area (Å²) in [6.07, 6.45) is 2.67. The van der Waals surface area contributed by atoms with Crippen molar-refractivity contribution in [3.05, 3.63) is 0 Å². The Labute approximate surface area is 95.4 Å². The van der Waals surface area contributed by atoms with Crippen LogP contribution in [0.2, 0.25) is 0 Å². The van der Waals surface area contributed by atoms with Crippen molar-refractivity contribution >= 4 is 0 Å². The third kappa shape index (κ3) is 4.52. The lowest BCUT2D eigenvalue weighted by atomic mass is 9.80. The Kier molecular flexibility index (Phi) is 5.07.